The van der Waals surface area contributed by atoms with Crippen LogP contribution in [0.15, 0.2) is 46.8 Å². The molecular formula is C19H21FN4S2. The molecule has 0 N–H and O–H groups in total. The van der Waals surface area contributed by atoms with Crippen LogP contribution in [0.1, 0.15) is 6.42 Å². The van der Waals surface area contributed by atoms with Gasteiger partial charge in [-0.05, 0) is 37.2 Å². The number of benzene rings is 1. The molecule has 26 heavy (non-hydrogen) atoms. The number of thioether (sulfide) groups is 1. The Morgan fingerprint density at radius 3 is 2.65 bits per heavy atom. The Morgan fingerprint density at radius 2 is 1.85 bits per heavy atom. The Bertz CT molecular complexity index is 828. The zero-order valence-electron chi connectivity index (χ0n) is 14.5. The predicted octanol–water partition coefficient (Wildman–Crippen LogP) is 4.13. The summed E-state index contributed by atoms with van der Waals surface area (Å²) in [6.45, 7) is 4.92. The summed E-state index contributed by atoms with van der Waals surface area (Å²) >= 11 is 3.63. The van der Waals surface area contributed by atoms with Crippen molar-refractivity contribution in [2.45, 2.75) is 10.8 Å². The Hall–Kier alpha value is -1.70. The first-order chi connectivity index (χ1) is 12.8. The number of piperazine rings is 1. The summed E-state index contributed by atoms with van der Waals surface area (Å²) in [7, 11) is 0. The van der Waals surface area contributed by atoms with Crippen molar-refractivity contribution < 1.29 is 4.39 Å². The second-order valence-corrected chi connectivity index (χ2v) is 8.67. The molecule has 0 unspecified atom stereocenters. The first-order valence-corrected chi connectivity index (χ1v) is 10.7. The third-order valence-corrected chi connectivity index (χ3v) is 6.78. The van der Waals surface area contributed by atoms with E-state index in [2.05, 4.69) is 38.0 Å². The number of hydrogen-bond acceptors (Lipinski definition) is 6. The van der Waals surface area contributed by atoms with Gasteiger partial charge in [-0.1, -0.05) is 30.0 Å². The van der Waals surface area contributed by atoms with E-state index in [-0.39, 0.29) is 0 Å². The summed E-state index contributed by atoms with van der Waals surface area (Å²) in [4.78, 5) is 13.3. The summed E-state index contributed by atoms with van der Waals surface area (Å²) in [5, 5.41) is 0. The van der Waals surface area contributed by atoms with Crippen molar-refractivity contribution >= 4 is 39.1 Å². The van der Waals surface area contributed by atoms with Gasteiger partial charge in [0.15, 0.2) is 4.34 Å². The van der Waals surface area contributed by atoms with Crippen molar-refractivity contribution in [2.75, 3.05) is 43.4 Å². The SMILES string of the molecule is Fc1cccc(N2CCN(CCCSc3nc4ccccc4s3)CC2)n1. The van der Waals surface area contributed by atoms with Crippen LogP contribution < -0.4 is 4.90 Å². The lowest BCUT2D eigenvalue weighted by Crippen LogP contribution is -2.47. The zero-order valence-corrected chi connectivity index (χ0v) is 16.1. The number of halogens is 1. The molecular weight excluding hydrogens is 367 g/mol. The molecule has 136 valence electrons. The smallest absolute Gasteiger partial charge is 0.214 e. The number of rotatable bonds is 6. The van der Waals surface area contributed by atoms with Gasteiger partial charge in [-0.15, -0.1) is 11.3 Å². The van der Waals surface area contributed by atoms with Gasteiger partial charge in [0.1, 0.15) is 5.82 Å². The number of hydrogen-bond donors (Lipinski definition) is 0. The van der Waals surface area contributed by atoms with Crippen LogP contribution in [0.5, 0.6) is 0 Å². The third-order valence-electron chi connectivity index (χ3n) is 4.52. The molecule has 0 atom stereocenters. The average Bonchev–Trinajstić information content (AvgIpc) is 3.09. The van der Waals surface area contributed by atoms with Crippen molar-refractivity contribution in [1.82, 2.24) is 14.9 Å². The first-order valence-electron chi connectivity index (χ1n) is 8.86. The van der Waals surface area contributed by atoms with Gasteiger partial charge in [0.2, 0.25) is 5.95 Å². The molecule has 1 fully saturated rings. The van der Waals surface area contributed by atoms with E-state index < -0.39 is 5.95 Å². The minimum Gasteiger partial charge on any atom is -0.354 e. The van der Waals surface area contributed by atoms with Crippen LogP contribution in [-0.2, 0) is 0 Å². The van der Waals surface area contributed by atoms with Crippen molar-refractivity contribution in [1.29, 1.82) is 0 Å². The fraction of sp³-hybridized carbons (Fsp3) is 0.368. The van der Waals surface area contributed by atoms with Gasteiger partial charge < -0.3 is 4.90 Å². The van der Waals surface area contributed by atoms with Crippen molar-refractivity contribution in [3.63, 3.8) is 0 Å². The number of aromatic nitrogens is 2. The topological polar surface area (TPSA) is 32.3 Å². The number of pyridine rings is 1. The molecule has 0 aliphatic carbocycles. The molecule has 1 saturated heterocycles. The second-order valence-electron chi connectivity index (χ2n) is 6.30. The number of thiazole rings is 1. The Morgan fingerprint density at radius 1 is 1.00 bits per heavy atom. The molecule has 0 spiro atoms. The van der Waals surface area contributed by atoms with Crippen LogP contribution in [0.25, 0.3) is 10.2 Å². The molecule has 4 rings (SSSR count). The molecule has 3 heterocycles. The van der Waals surface area contributed by atoms with Crippen LogP contribution in [0.3, 0.4) is 0 Å². The van der Waals surface area contributed by atoms with Crippen LogP contribution in [0, 0.1) is 5.95 Å². The maximum atomic E-state index is 13.3. The van der Waals surface area contributed by atoms with Gasteiger partial charge in [-0.3, -0.25) is 4.90 Å². The third kappa shape index (κ3) is 4.34. The van der Waals surface area contributed by atoms with E-state index in [1.54, 1.807) is 17.4 Å². The molecule has 1 aliphatic rings. The lowest BCUT2D eigenvalue weighted by atomic mass is 10.3. The van der Waals surface area contributed by atoms with Crippen molar-refractivity contribution in [3.8, 4) is 0 Å². The Balaban J connectivity index is 1.19. The highest BCUT2D eigenvalue weighted by atomic mass is 32.2. The van der Waals surface area contributed by atoms with Gasteiger partial charge in [-0.25, -0.2) is 9.97 Å². The van der Waals surface area contributed by atoms with E-state index in [1.807, 2.05) is 23.9 Å². The van der Waals surface area contributed by atoms with E-state index >= 15 is 0 Å². The van der Waals surface area contributed by atoms with E-state index in [0.717, 1.165) is 60.6 Å². The minimum atomic E-state index is -0.406. The minimum absolute atomic E-state index is 0.406. The molecule has 7 heteroatoms. The number of nitrogens with zero attached hydrogens (tertiary/aromatic N) is 4. The molecule has 0 amide bonds. The highest BCUT2D eigenvalue weighted by molar-refractivity contribution is 8.01. The quantitative estimate of drug-likeness (QED) is 0.360. The van der Waals surface area contributed by atoms with E-state index in [0.29, 0.717) is 0 Å². The van der Waals surface area contributed by atoms with Crippen molar-refractivity contribution in [3.05, 3.63) is 48.4 Å². The standard InChI is InChI=1S/C19H21FN4S2/c20-17-7-3-8-18(22-17)24-12-10-23(11-13-24)9-4-14-25-19-21-15-5-1-2-6-16(15)26-19/h1-3,5-8H,4,9-14H2. The molecule has 3 aromatic rings. The average molecular weight is 389 g/mol. The van der Waals surface area contributed by atoms with Gasteiger partial charge >= 0.3 is 0 Å². The van der Waals surface area contributed by atoms with Crippen LogP contribution >= 0.6 is 23.1 Å². The highest BCUT2D eigenvalue weighted by Gasteiger charge is 2.18. The maximum absolute atomic E-state index is 13.3. The lowest BCUT2D eigenvalue weighted by molar-refractivity contribution is 0.258. The summed E-state index contributed by atoms with van der Waals surface area (Å²) in [5.41, 5.74) is 1.10. The van der Waals surface area contributed by atoms with Gasteiger partial charge in [0.25, 0.3) is 0 Å². The molecule has 0 saturated carbocycles. The second kappa shape index (κ2) is 8.33. The van der Waals surface area contributed by atoms with Crippen molar-refractivity contribution in [2.24, 2.45) is 0 Å². The first kappa shape index (κ1) is 17.7. The lowest BCUT2D eigenvalue weighted by Gasteiger charge is -2.35. The van der Waals surface area contributed by atoms with Gasteiger partial charge in [-0.2, -0.15) is 4.39 Å². The molecule has 0 radical (unpaired) electrons. The van der Waals surface area contributed by atoms with Gasteiger partial charge in [0.05, 0.1) is 10.2 Å². The van der Waals surface area contributed by atoms with Crippen LogP contribution in [0.2, 0.25) is 0 Å². The summed E-state index contributed by atoms with van der Waals surface area (Å²) in [6, 6.07) is 13.3. The Kier molecular flexibility index (Phi) is 5.67. The zero-order chi connectivity index (χ0) is 17.8. The van der Waals surface area contributed by atoms with Crippen LogP contribution in [-0.4, -0.2) is 53.3 Å². The largest absolute Gasteiger partial charge is 0.354 e. The molecule has 2 aromatic heterocycles. The highest BCUT2D eigenvalue weighted by Crippen LogP contribution is 2.29. The molecule has 0 bridgehead atoms. The van der Waals surface area contributed by atoms with E-state index in [9.17, 15) is 4.39 Å². The monoisotopic (exact) mass is 388 g/mol. The molecule has 4 nitrogen and oxygen atoms in total. The normalized spacial score (nSPS) is 15.7. The fourth-order valence-electron chi connectivity index (χ4n) is 3.13. The molecule has 1 aliphatic heterocycles. The van der Waals surface area contributed by atoms with Gasteiger partial charge in [0, 0.05) is 31.9 Å². The van der Waals surface area contributed by atoms with E-state index in [1.165, 1.54) is 10.8 Å². The number of anilines is 1. The van der Waals surface area contributed by atoms with Crippen LogP contribution in [0.4, 0.5) is 10.2 Å². The number of para-hydroxylation sites is 1. The fourth-order valence-corrected chi connectivity index (χ4v) is 5.20. The maximum Gasteiger partial charge on any atom is 0.214 e. The predicted molar refractivity (Wildman–Crippen MR) is 108 cm³/mol. The Labute approximate surface area is 161 Å². The summed E-state index contributed by atoms with van der Waals surface area (Å²) < 4.78 is 15.7. The van der Waals surface area contributed by atoms with E-state index in [4.69, 9.17) is 0 Å². The summed E-state index contributed by atoms with van der Waals surface area (Å²) in [5.74, 6) is 1.43. The molecule has 1 aromatic carbocycles. The number of fused-ring (bicyclic) bond motifs is 1. The summed E-state index contributed by atoms with van der Waals surface area (Å²) in [6.07, 6.45) is 1.15.